The summed E-state index contributed by atoms with van der Waals surface area (Å²) in [5.74, 6) is 3.09. The smallest absolute Gasteiger partial charge is 0.172 e. The molecule has 0 amide bonds. The Morgan fingerprint density at radius 3 is 2.73 bits per heavy atom. The lowest BCUT2D eigenvalue weighted by molar-refractivity contribution is -0.255. The highest BCUT2D eigenvalue weighted by Gasteiger charge is 2.68. The van der Waals surface area contributed by atoms with Gasteiger partial charge in [0.1, 0.15) is 0 Å². The van der Waals surface area contributed by atoms with Crippen LogP contribution < -0.4 is 0 Å². The van der Waals surface area contributed by atoms with Crippen molar-refractivity contribution < 1.29 is 14.6 Å². The normalized spacial score (nSPS) is 57.4. The van der Waals surface area contributed by atoms with Crippen LogP contribution in [-0.2, 0) is 9.47 Å². The van der Waals surface area contributed by atoms with Crippen LogP contribution in [0.3, 0.4) is 0 Å². The molecule has 10 atom stereocenters. The molecule has 0 radical (unpaired) electrons. The van der Waals surface area contributed by atoms with E-state index in [0.29, 0.717) is 35.4 Å². The molecule has 6 aliphatic rings. The van der Waals surface area contributed by atoms with Crippen LogP contribution in [0.15, 0.2) is 23.8 Å². The monoisotopic (exact) mass is 412 g/mol. The second kappa shape index (κ2) is 6.45. The van der Waals surface area contributed by atoms with Crippen molar-refractivity contribution in [1.29, 1.82) is 0 Å². The van der Waals surface area contributed by atoms with E-state index in [2.05, 4.69) is 33.4 Å². The van der Waals surface area contributed by atoms with Gasteiger partial charge in [0.25, 0.3) is 0 Å². The summed E-state index contributed by atoms with van der Waals surface area (Å²) in [7, 11) is 0. The van der Waals surface area contributed by atoms with Gasteiger partial charge in [-0.15, -0.1) is 0 Å². The topological polar surface area (TPSA) is 38.7 Å². The highest BCUT2D eigenvalue weighted by molar-refractivity contribution is 5.26. The first-order valence-electron chi connectivity index (χ1n) is 12.6. The molecule has 3 nitrogen and oxygen atoms in total. The Bertz CT molecular complexity index is 775. The van der Waals surface area contributed by atoms with Crippen molar-refractivity contribution in [2.75, 3.05) is 6.61 Å². The Kier molecular flexibility index (Phi) is 4.30. The average molecular weight is 413 g/mol. The maximum absolute atomic E-state index is 10.3. The van der Waals surface area contributed by atoms with E-state index >= 15 is 0 Å². The summed E-state index contributed by atoms with van der Waals surface area (Å²) in [6.45, 7) is 12.4. The fraction of sp³-hybridized carbons (Fsp3) is 0.852. The van der Waals surface area contributed by atoms with Crippen molar-refractivity contribution in [2.24, 2.45) is 40.4 Å². The van der Waals surface area contributed by atoms with Gasteiger partial charge in [0.05, 0.1) is 18.8 Å². The van der Waals surface area contributed by atoms with E-state index in [1.54, 1.807) is 5.57 Å². The standard InChI is InChI=1S/C27H40O3/c1-16-7-12-27(29-15-16)17(2)24-23(30-27)14-22-20-6-5-18-13-19(28)8-10-25(18,3)21(20)9-11-26(22,24)4/h5,17,19-24,28H,1,6-15H2,2-4H3/t17-,19+,20+,21-,22-,23-,24-,25-,26-,27+/m0/s1. The first kappa shape index (κ1) is 20.0. The molecule has 5 fully saturated rings. The van der Waals surface area contributed by atoms with Crippen LogP contribution in [0.1, 0.15) is 78.6 Å². The number of aliphatic hydroxyl groups excluding tert-OH is 1. The number of allylic oxidation sites excluding steroid dienone is 1. The highest BCUT2D eigenvalue weighted by Crippen LogP contribution is 2.70. The second-order valence-corrected chi connectivity index (χ2v) is 12.3. The predicted octanol–water partition coefficient (Wildman–Crippen LogP) is 5.63. The fourth-order valence-corrected chi connectivity index (χ4v) is 9.49. The Morgan fingerprint density at radius 1 is 1.13 bits per heavy atom. The zero-order chi connectivity index (χ0) is 20.9. The molecule has 3 saturated carbocycles. The molecule has 0 aromatic heterocycles. The first-order chi connectivity index (χ1) is 14.3. The number of hydrogen-bond acceptors (Lipinski definition) is 3. The summed E-state index contributed by atoms with van der Waals surface area (Å²) < 4.78 is 13.2. The first-order valence-corrected chi connectivity index (χ1v) is 12.6. The van der Waals surface area contributed by atoms with Gasteiger partial charge in [-0.2, -0.15) is 0 Å². The minimum atomic E-state index is -0.355. The van der Waals surface area contributed by atoms with Gasteiger partial charge >= 0.3 is 0 Å². The van der Waals surface area contributed by atoms with Gasteiger partial charge in [-0.05, 0) is 85.9 Å². The average Bonchev–Trinajstić information content (AvgIpc) is 3.16. The van der Waals surface area contributed by atoms with Crippen molar-refractivity contribution in [3.63, 3.8) is 0 Å². The second-order valence-electron chi connectivity index (χ2n) is 12.3. The third kappa shape index (κ3) is 2.49. The number of ether oxygens (including phenoxy) is 2. The largest absolute Gasteiger partial charge is 0.393 e. The summed E-state index contributed by atoms with van der Waals surface area (Å²) in [6.07, 6.45) is 13.0. The van der Waals surface area contributed by atoms with Crippen LogP contribution >= 0.6 is 0 Å². The molecule has 0 bridgehead atoms. The molecular formula is C27H40O3. The Labute approximate surface area is 182 Å². The molecule has 3 heteroatoms. The summed E-state index contributed by atoms with van der Waals surface area (Å²) >= 11 is 0. The van der Waals surface area contributed by atoms with Gasteiger partial charge in [0.2, 0.25) is 0 Å². The van der Waals surface area contributed by atoms with E-state index in [0.717, 1.165) is 43.4 Å². The Hall–Kier alpha value is -0.640. The van der Waals surface area contributed by atoms with Crippen LogP contribution in [0.4, 0.5) is 0 Å². The SMILES string of the molecule is C=C1CC[C@@]2(OC1)O[C@H]1C[C@H]3[C@@H]4CC=C5C[C@H](O)CC[C@]5(C)[C@H]4CC[C@]3(C)[C@H]1[C@@H]2C. The number of aliphatic hydroxyl groups is 1. The van der Waals surface area contributed by atoms with E-state index in [-0.39, 0.29) is 11.9 Å². The van der Waals surface area contributed by atoms with Gasteiger partial charge in [0.15, 0.2) is 5.79 Å². The van der Waals surface area contributed by atoms with Gasteiger partial charge in [-0.25, -0.2) is 0 Å². The molecule has 2 saturated heterocycles. The van der Waals surface area contributed by atoms with Crippen molar-refractivity contribution in [3.05, 3.63) is 23.8 Å². The lowest BCUT2D eigenvalue weighted by Gasteiger charge is -2.58. The van der Waals surface area contributed by atoms with E-state index in [1.807, 2.05) is 0 Å². The third-order valence-corrected chi connectivity index (χ3v) is 11.1. The van der Waals surface area contributed by atoms with Crippen molar-refractivity contribution in [1.82, 2.24) is 0 Å². The third-order valence-electron chi connectivity index (χ3n) is 11.1. The van der Waals surface area contributed by atoms with E-state index in [4.69, 9.17) is 9.47 Å². The summed E-state index contributed by atoms with van der Waals surface area (Å²) in [5.41, 5.74) is 3.49. The molecule has 2 aliphatic heterocycles. The molecule has 4 aliphatic carbocycles. The van der Waals surface area contributed by atoms with Gasteiger partial charge < -0.3 is 14.6 Å². The maximum Gasteiger partial charge on any atom is 0.172 e. The van der Waals surface area contributed by atoms with Gasteiger partial charge in [0, 0.05) is 12.3 Å². The molecule has 1 N–H and O–H groups in total. The predicted molar refractivity (Wildman–Crippen MR) is 118 cm³/mol. The molecule has 0 aromatic carbocycles. The molecule has 1 spiro atoms. The lowest BCUT2D eigenvalue weighted by atomic mass is 9.47. The van der Waals surface area contributed by atoms with Crippen LogP contribution in [-0.4, -0.2) is 29.7 Å². The minimum absolute atomic E-state index is 0.113. The summed E-state index contributed by atoms with van der Waals surface area (Å²) in [4.78, 5) is 0. The maximum atomic E-state index is 10.3. The molecule has 166 valence electrons. The highest BCUT2D eigenvalue weighted by atomic mass is 16.7. The van der Waals surface area contributed by atoms with E-state index < -0.39 is 0 Å². The van der Waals surface area contributed by atoms with Gasteiger partial charge in [-0.1, -0.05) is 44.6 Å². The van der Waals surface area contributed by atoms with Crippen LogP contribution in [0, 0.1) is 40.4 Å². The minimum Gasteiger partial charge on any atom is -0.393 e. The summed E-state index contributed by atoms with van der Waals surface area (Å²) in [5, 5.41) is 10.3. The van der Waals surface area contributed by atoms with Crippen LogP contribution in [0.2, 0.25) is 0 Å². The number of rotatable bonds is 0. The van der Waals surface area contributed by atoms with E-state index in [9.17, 15) is 5.11 Å². The quantitative estimate of drug-likeness (QED) is 0.524. The van der Waals surface area contributed by atoms with Crippen LogP contribution in [0.5, 0.6) is 0 Å². The molecule has 0 unspecified atom stereocenters. The molecule has 30 heavy (non-hydrogen) atoms. The van der Waals surface area contributed by atoms with Crippen molar-refractivity contribution in [2.45, 2.75) is 96.6 Å². The van der Waals surface area contributed by atoms with Crippen molar-refractivity contribution in [3.8, 4) is 0 Å². The lowest BCUT2D eigenvalue weighted by Crippen LogP contribution is -2.52. The molecular weight excluding hydrogens is 372 g/mol. The number of fused-ring (bicyclic) bond motifs is 7. The number of hydrogen-bond donors (Lipinski definition) is 1. The molecule has 0 aromatic rings. The van der Waals surface area contributed by atoms with E-state index in [1.165, 1.54) is 37.7 Å². The van der Waals surface area contributed by atoms with Crippen molar-refractivity contribution >= 4 is 0 Å². The van der Waals surface area contributed by atoms with Crippen LogP contribution in [0.25, 0.3) is 0 Å². The van der Waals surface area contributed by atoms with Gasteiger partial charge in [-0.3, -0.25) is 0 Å². The fourth-order valence-electron chi connectivity index (χ4n) is 9.49. The molecule has 6 rings (SSSR count). The molecule has 2 heterocycles. The Morgan fingerprint density at radius 2 is 1.97 bits per heavy atom. The zero-order valence-corrected chi connectivity index (χ0v) is 19.2. The Balaban J connectivity index is 1.29. The zero-order valence-electron chi connectivity index (χ0n) is 19.2. The summed E-state index contributed by atoms with van der Waals surface area (Å²) in [6, 6.07) is 0.